The van der Waals surface area contributed by atoms with E-state index < -0.39 is 29.9 Å². The van der Waals surface area contributed by atoms with Gasteiger partial charge in [-0.1, -0.05) is 0 Å². The number of carboxylic acid groups (broad SMARTS) is 1. The lowest BCUT2D eigenvalue weighted by atomic mass is 9.92. The van der Waals surface area contributed by atoms with Crippen molar-refractivity contribution in [2.24, 2.45) is 11.7 Å². The Labute approximate surface area is 137 Å². The molecule has 3 rings (SSSR count). The minimum atomic E-state index is -1.16. The van der Waals surface area contributed by atoms with Crippen LogP contribution in [0.3, 0.4) is 0 Å². The number of thioether (sulfide) groups is 1. The first-order valence-corrected chi connectivity index (χ1v) is 8.38. The molecule has 23 heavy (non-hydrogen) atoms. The molecule has 0 spiro atoms. The fraction of sp³-hybridized carbons (Fsp3) is 0.643. The molecule has 3 heterocycles. The normalized spacial score (nSPS) is 32.0. The second-order valence-corrected chi connectivity index (χ2v) is 7.30. The lowest BCUT2D eigenvalue weighted by Gasteiger charge is -2.43. The largest absolute Gasteiger partial charge is 0.477 e. The average molecular weight is 341 g/mol. The topological polar surface area (TPSA) is 124 Å². The van der Waals surface area contributed by atoms with E-state index in [1.807, 2.05) is 4.90 Å². The van der Waals surface area contributed by atoms with Crippen molar-refractivity contribution in [1.82, 2.24) is 9.80 Å². The van der Waals surface area contributed by atoms with Crippen molar-refractivity contribution < 1.29 is 24.6 Å². The van der Waals surface area contributed by atoms with Crippen molar-refractivity contribution in [1.29, 1.82) is 0 Å². The lowest BCUT2D eigenvalue weighted by Crippen LogP contribution is -2.60. The van der Waals surface area contributed by atoms with E-state index in [2.05, 4.69) is 0 Å². The van der Waals surface area contributed by atoms with Gasteiger partial charge in [0, 0.05) is 11.4 Å². The van der Waals surface area contributed by atoms with Gasteiger partial charge in [-0.05, 0) is 26.3 Å². The number of hydrogen-bond donors (Lipinski definition) is 3. The molecule has 8 nitrogen and oxygen atoms in total. The molecule has 3 aliphatic heterocycles. The molecular weight excluding hydrogens is 322 g/mol. The smallest absolute Gasteiger partial charge is 0.353 e. The molecule has 0 aromatic rings. The van der Waals surface area contributed by atoms with Crippen molar-refractivity contribution in [2.45, 2.75) is 37.3 Å². The zero-order valence-electron chi connectivity index (χ0n) is 12.6. The highest BCUT2D eigenvalue weighted by atomic mass is 32.2. The van der Waals surface area contributed by atoms with Gasteiger partial charge in [0.2, 0.25) is 11.8 Å². The number of fused-ring (bicyclic) bond motifs is 1. The molecule has 2 saturated heterocycles. The van der Waals surface area contributed by atoms with E-state index in [-0.39, 0.29) is 23.5 Å². The number of amides is 2. The molecule has 1 unspecified atom stereocenters. The van der Waals surface area contributed by atoms with Gasteiger partial charge in [0.15, 0.2) is 0 Å². The molecule has 0 bridgehead atoms. The highest BCUT2D eigenvalue weighted by Crippen LogP contribution is 2.50. The minimum Gasteiger partial charge on any atom is -0.477 e. The molecule has 0 radical (unpaired) electrons. The highest BCUT2D eigenvalue weighted by Gasteiger charge is 2.57. The van der Waals surface area contributed by atoms with E-state index in [0.29, 0.717) is 17.9 Å². The fourth-order valence-electron chi connectivity index (χ4n) is 3.49. The number of β-lactam (4-membered cyclic amide) rings is 1. The summed E-state index contributed by atoms with van der Waals surface area (Å²) in [7, 11) is 0. The van der Waals surface area contributed by atoms with Gasteiger partial charge in [-0.15, -0.1) is 11.8 Å². The monoisotopic (exact) mass is 341 g/mol. The second-order valence-electron chi connectivity index (χ2n) is 6.09. The highest BCUT2D eigenvalue weighted by molar-refractivity contribution is 8.04. The third-order valence-corrected chi connectivity index (χ3v) is 5.97. The van der Waals surface area contributed by atoms with Crippen LogP contribution in [0.15, 0.2) is 10.6 Å². The number of primary amides is 1. The summed E-state index contributed by atoms with van der Waals surface area (Å²) in [5, 5.41) is 18.8. The number of carbonyl (C=O) groups excluding carboxylic acids is 2. The van der Waals surface area contributed by atoms with Crippen molar-refractivity contribution in [3.63, 3.8) is 0 Å². The molecule has 126 valence electrons. The zero-order chi connectivity index (χ0) is 16.9. The number of rotatable bonds is 5. The first-order valence-electron chi connectivity index (χ1n) is 7.50. The number of aliphatic hydroxyl groups excluding tert-OH is 1. The lowest BCUT2D eigenvalue weighted by molar-refractivity contribution is -0.156. The molecule has 0 aliphatic carbocycles. The van der Waals surface area contributed by atoms with Crippen LogP contribution in [-0.2, 0) is 14.4 Å². The van der Waals surface area contributed by atoms with E-state index in [9.17, 15) is 24.6 Å². The number of nitrogens with two attached hydrogens (primary N) is 1. The van der Waals surface area contributed by atoms with Gasteiger partial charge in [-0.3, -0.25) is 19.4 Å². The van der Waals surface area contributed by atoms with Crippen molar-refractivity contribution in [3.8, 4) is 0 Å². The van der Waals surface area contributed by atoms with Gasteiger partial charge in [0.05, 0.1) is 18.1 Å². The molecule has 4 N–H and O–H groups in total. The van der Waals surface area contributed by atoms with Crippen LogP contribution in [0.25, 0.3) is 0 Å². The van der Waals surface area contributed by atoms with Crippen LogP contribution in [0, 0.1) is 5.92 Å². The van der Waals surface area contributed by atoms with Crippen molar-refractivity contribution in [3.05, 3.63) is 10.6 Å². The first-order chi connectivity index (χ1) is 10.8. The Bertz CT molecular complexity index is 605. The molecule has 3 aliphatic rings. The first kappa shape index (κ1) is 16.3. The van der Waals surface area contributed by atoms with Crippen LogP contribution in [0.2, 0.25) is 0 Å². The Hall–Kier alpha value is -1.58. The van der Waals surface area contributed by atoms with Crippen LogP contribution in [-0.4, -0.2) is 68.4 Å². The van der Waals surface area contributed by atoms with Gasteiger partial charge in [0.25, 0.3) is 0 Å². The number of aliphatic hydroxyl groups is 1. The standard InChI is InChI=1S/C14H19N3O5S/c1-6(18)9-12(20)17-10(14(21)22)8(23-13(9)17)5-16-4-2-3-7(16)11(15)19/h6-7,9,13,18H,2-5H2,1H3,(H2,15,19)(H,21,22)/t6?,7-,9+,13-/m1/s1. The molecule has 4 atom stereocenters. The molecular formula is C14H19N3O5S. The van der Waals surface area contributed by atoms with Gasteiger partial charge in [-0.25, -0.2) is 4.79 Å². The Morgan fingerprint density at radius 3 is 2.74 bits per heavy atom. The zero-order valence-corrected chi connectivity index (χ0v) is 13.5. The quantitative estimate of drug-likeness (QED) is 0.556. The summed E-state index contributed by atoms with van der Waals surface area (Å²) in [5.41, 5.74) is 5.36. The summed E-state index contributed by atoms with van der Waals surface area (Å²) < 4.78 is 0. The van der Waals surface area contributed by atoms with Crippen LogP contribution < -0.4 is 5.73 Å². The summed E-state index contributed by atoms with van der Waals surface area (Å²) in [6.07, 6.45) is 0.671. The maximum atomic E-state index is 12.1. The minimum absolute atomic E-state index is 0.0305. The maximum Gasteiger partial charge on any atom is 0.353 e. The average Bonchev–Trinajstić information content (AvgIpc) is 3.01. The molecule has 0 saturated carbocycles. The maximum absolute atomic E-state index is 12.1. The molecule has 0 aromatic heterocycles. The molecule has 9 heteroatoms. The van der Waals surface area contributed by atoms with Crippen LogP contribution >= 0.6 is 11.8 Å². The fourth-order valence-corrected chi connectivity index (χ4v) is 5.12. The van der Waals surface area contributed by atoms with E-state index >= 15 is 0 Å². The van der Waals surface area contributed by atoms with E-state index in [1.165, 1.54) is 23.6 Å². The van der Waals surface area contributed by atoms with Crippen molar-refractivity contribution in [2.75, 3.05) is 13.1 Å². The number of hydrogen-bond acceptors (Lipinski definition) is 6. The summed E-state index contributed by atoms with van der Waals surface area (Å²) >= 11 is 1.29. The third-order valence-electron chi connectivity index (χ3n) is 4.61. The van der Waals surface area contributed by atoms with Crippen molar-refractivity contribution >= 4 is 29.5 Å². The van der Waals surface area contributed by atoms with Gasteiger partial charge >= 0.3 is 5.97 Å². The Balaban J connectivity index is 1.83. The van der Waals surface area contributed by atoms with E-state index in [1.54, 1.807) is 0 Å². The van der Waals surface area contributed by atoms with E-state index in [0.717, 1.165) is 6.42 Å². The second kappa shape index (κ2) is 5.81. The predicted molar refractivity (Wildman–Crippen MR) is 81.8 cm³/mol. The third kappa shape index (κ3) is 2.52. The summed E-state index contributed by atoms with van der Waals surface area (Å²) in [6.45, 7) is 2.48. The number of carboxylic acids is 1. The Morgan fingerprint density at radius 1 is 1.48 bits per heavy atom. The molecule has 2 fully saturated rings. The Kier molecular flexibility index (Phi) is 4.11. The molecule has 0 aromatic carbocycles. The van der Waals surface area contributed by atoms with Crippen LogP contribution in [0.4, 0.5) is 0 Å². The van der Waals surface area contributed by atoms with Crippen LogP contribution in [0.5, 0.6) is 0 Å². The number of aliphatic carboxylic acids is 1. The SMILES string of the molecule is CC(O)[C@H]1C(=O)N2C(C(=O)O)=C(CN3CCC[C@@H]3C(N)=O)S[C@H]12. The van der Waals surface area contributed by atoms with Gasteiger partial charge in [0.1, 0.15) is 11.1 Å². The summed E-state index contributed by atoms with van der Waals surface area (Å²) in [5.74, 6) is -2.53. The van der Waals surface area contributed by atoms with E-state index in [4.69, 9.17) is 5.73 Å². The number of nitrogens with zero attached hydrogens (tertiary/aromatic N) is 2. The molecule has 2 amide bonds. The van der Waals surface area contributed by atoms with Gasteiger partial charge in [-0.2, -0.15) is 0 Å². The van der Waals surface area contributed by atoms with Crippen LogP contribution in [0.1, 0.15) is 19.8 Å². The summed E-state index contributed by atoms with van der Waals surface area (Å²) in [6, 6.07) is -0.394. The summed E-state index contributed by atoms with van der Waals surface area (Å²) in [4.78, 5) is 38.8. The predicted octanol–water partition coefficient (Wildman–Crippen LogP) is -0.856. The number of carbonyl (C=O) groups is 3. The van der Waals surface area contributed by atoms with Gasteiger partial charge < -0.3 is 15.9 Å². The number of likely N-dealkylation sites (tertiary alicyclic amines) is 1. The Morgan fingerprint density at radius 2 is 2.17 bits per heavy atom.